The summed E-state index contributed by atoms with van der Waals surface area (Å²) in [4.78, 5) is 18.1. The van der Waals surface area contributed by atoms with E-state index in [0.29, 0.717) is 6.04 Å². The van der Waals surface area contributed by atoms with E-state index in [1.807, 2.05) is 4.90 Å². The summed E-state index contributed by atoms with van der Waals surface area (Å²) in [5, 5.41) is 3.65. The van der Waals surface area contributed by atoms with Gasteiger partial charge < -0.3 is 15.1 Å². The smallest absolute Gasteiger partial charge is 0.219 e. The highest BCUT2D eigenvalue weighted by atomic mass is 16.2. The molecular weight excluding hydrogens is 240 g/mol. The fraction of sp³-hybridized carbons (Fsp3) is 0.929. The summed E-state index contributed by atoms with van der Waals surface area (Å²) in [6, 6.07) is 0.600. The summed E-state index contributed by atoms with van der Waals surface area (Å²) in [7, 11) is 2.19. The average Bonchev–Trinajstić information content (AvgIpc) is 2.41. The molecule has 19 heavy (non-hydrogen) atoms. The van der Waals surface area contributed by atoms with E-state index in [0.717, 1.165) is 39.0 Å². The topological polar surface area (TPSA) is 38.8 Å². The molecule has 0 bridgehead atoms. The normalized spacial score (nSPS) is 23.8. The van der Waals surface area contributed by atoms with Gasteiger partial charge in [-0.3, -0.25) is 9.69 Å². The summed E-state index contributed by atoms with van der Waals surface area (Å²) in [6.07, 6.45) is 2.20. The van der Waals surface area contributed by atoms with Gasteiger partial charge in [0, 0.05) is 65.3 Å². The van der Waals surface area contributed by atoms with Crippen LogP contribution in [0.5, 0.6) is 0 Å². The van der Waals surface area contributed by atoms with Crippen LogP contribution in [-0.2, 0) is 4.79 Å². The van der Waals surface area contributed by atoms with Crippen molar-refractivity contribution in [3.05, 3.63) is 0 Å². The lowest BCUT2D eigenvalue weighted by Crippen LogP contribution is -2.49. The van der Waals surface area contributed by atoms with E-state index in [4.69, 9.17) is 0 Å². The number of carbonyl (C=O) groups is 1. The Morgan fingerprint density at radius 2 is 1.74 bits per heavy atom. The van der Waals surface area contributed by atoms with Gasteiger partial charge in [-0.25, -0.2) is 0 Å². The molecule has 2 heterocycles. The van der Waals surface area contributed by atoms with Crippen molar-refractivity contribution in [2.24, 2.45) is 0 Å². The molecule has 2 rings (SSSR count). The SMILES string of the molecule is CC(=O)N1CCC(NCCN2CCN(C)CC2)CC1. The maximum absolute atomic E-state index is 11.2. The largest absolute Gasteiger partial charge is 0.343 e. The van der Waals surface area contributed by atoms with Crippen LogP contribution in [0.2, 0.25) is 0 Å². The van der Waals surface area contributed by atoms with E-state index >= 15 is 0 Å². The monoisotopic (exact) mass is 268 g/mol. The average molecular weight is 268 g/mol. The number of piperazine rings is 1. The lowest BCUT2D eigenvalue weighted by Gasteiger charge is -2.34. The number of likely N-dealkylation sites (tertiary alicyclic amines) is 1. The first-order valence-corrected chi connectivity index (χ1v) is 7.55. The van der Waals surface area contributed by atoms with E-state index in [-0.39, 0.29) is 5.91 Å². The molecule has 2 aliphatic heterocycles. The van der Waals surface area contributed by atoms with E-state index in [9.17, 15) is 4.79 Å². The van der Waals surface area contributed by atoms with Crippen LogP contribution in [0.3, 0.4) is 0 Å². The first-order valence-electron chi connectivity index (χ1n) is 7.55. The molecule has 110 valence electrons. The number of amides is 1. The Bertz CT molecular complexity index is 281. The Balaban J connectivity index is 1.56. The van der Waals surface area contributed by atoms with Crippen LogP contribution in [-0.4, -0.2) is 86.1 Å². The molecule has 0 aromatic heterocycles. The molecule has 5 nitrogen and oxygen atoms in total. The summed E-state index contributed by atoms with van der Waals surface area (Å²) >= 11 is 0. The van der Waals surface area contributed by atoms with Gasteiger partial charge in [0.1, 0.15) is 0 Å². The summed E-state index contributed by atoms with van der Waals surface area (Å²) in [5.41, 5.74) is 0. The number of nitrogens with one attached hydrogen (secondary N) is 1. The second-order valence-corrected chi connectivity index (χ2v) is 5.88. The molecule has 0 unspecified atom stereocenters. The molecule has 1 N–H and O–H groups in total. The Morgan fingerprint density at radius 1 is 1.11 bits per heavy atom. The van der Waals surface area contributed by atoms with Crippen molar-refractivity contribution in [3.8, 4) is 0 Å². The third-order valence-corrected chi connectivity index (χ3v) is 4.40. The third-order valence-electron chi connectivity index (χ3n) is 4.40. The molecule has 0 aliphatic carbocycles. The minimum absolute atomic E-state index is 0.218. The van der Waals surface area contributed by atoms with Gasteiger partial charge in [0.15, 0.2) is 0 Å². The number of carbonyl (C=O) groups excluding carboxylic acids is 1. The van der Waals surface area contributed by atoms with Crippen molar-refractivity contribution in [2.45, 2.75) is 25.8 Å². The fourth-order valence-corrected chi connectivity index (χ4v) is 2.90. The van der Waals surface area contributed by atoms with Crippen molar-refractivity contribution < 1.29 is 4.79 Å². The number of likely N-dealkylation sites (N-methyl/N-ethyl adjacent to an activating group) is 1. The van der Waals surface area contributed by atoms with Crippen molar-refractivity contribution in [2.75, 3.05) is 59.4 Å². The molecule has 5 heteroatoms. The van der Waals surface area contributed by atoms with Crippen molar-refractivity contribution in [1.82, 2.24) is 20.0 Å². The maximum atomic E-state index is 11.2. The quantitative estimate of drug-likeness (QED) is 0.769. The molecule has 2 saturated heterocycles. The number of hydrogen-bond donors (Lipinski definition) is 1. The Labute approximate surface area is 116 Å². The van der Waals surface area contributed by atoms with Crippen LogP contribution in [0.15, 0.2) is 0 Å². The lowest BCUT2D eigenvalue weighted by atomic mass is 10.1. The first kappa shape index (κ1) is 14.8. The van der Waals surface area contributed by atoms with Crippen molar-refractivity contribution >= 4 is 5.91 Å². The van der Waals surface area contributed by atoms with E-state index in [1.165, 1.54) is 26.2 Å². The molecule has 0 spiro atoms. The molecule has 0 radical (unpaired) electrons. The molecule has 0 saturated carbocycles. The number of piperidine rings is 1. The first-order chi connectivity index (χ1) is 9.15. The van der Waals surface area contributed by atoms with Gasteiger partial charge in [0.05, 0.1) is 0 Å². The number of nitrogens with zero attached hydrogens (tertiary/aromatic N) is 3. The highest BCUT2D eigenvalue weighted by Crippen LogP contribution is 2.10. The predicted octanol–water partition coefficient (Wildman–Crippen LogP) is -0.166. The number of rotatable bonds is 4. The van der Waals surface area contributed by atoms with Gasteiger partial charge in [0.25, 0.3) is 0 Å². The Morgan fingerprint density at radius 3 is 2.32 bits per heavy atom. The molecular formula is C14H28N4O. The maximum Gasteiger partial charge on any atom is 0.219 e. The highest BCUT2D eigenvalue weighted by molar-refractivity contribution is 5.73. The van der Waals surface area contributed by atoms with Gasteiger partial charge in [-0.05, 0) is 19.9 Å². The van der Waals surface area contributed by atoms with E-state index in [1.54, 1.807) is 6.92 Å². The highest BCUT2D eigenvalue weighted by Gasteiger charge is 2.20. The summed E-state index contributed by atoms with van der Waals surface area (Å²) in [5.74, 6) is 0.218. The third kappa shape index (κ3) is 4.75. The van der Waals surface area contributed by atoms with E-state index in [2.05, 4.69) is 22.2 Å². The van der Waals surface area contributed by atoms with Gasteiger partial charge >= 0.3 is 0 Å². The van der Waals surface area contributed by atoms with Gasteiger partial charge in [-0.1, -0.05) is 0 Å². The second kappa shape index (κ2) is 7.22. The van der Waals surface area contributed by atoms with Crippen LogP contribution in [0.4, 0.5) is 0 Å². The zero-order valence-electron chi connectivity index (χ0n) is 12.4. The molecule has 2 fully saturated rings. The standard InChI is InChI=1S/C14H28N4O/c1-13(19)18-6-3-14(4-7-18)15-5-8-17-11-9-16(2)10-12-17/h14-15H,3-12H2,1-2H3. The predicted molar refractivity (Wildman–Crippen MR) is 77.2 cm³/mol. The summed E-state index contributed by atoms with van der Waals surface area (Å²) < 4.78 is 0. The molecule has 0 atom stereocenters. The van der Waals surface area contributed by atoms with Crippen molar-refractivity contribution in [1.29, 1.82) is 0 Å². The van der Waals surface area contributed by atoms with Crippen LogP contribution in [0, 0.1) is 0 Å². The van der Waals surface area contributed by atoms with Crippen LogP contribution in [0.25, 0.3) is 0 Å². The number of hydrogen-bond acceptors (Lipinski definition) is 4. The summed E-state index contributed by atoms with van der Waals surface area (Å²) in [6.45, 7) is 10.5. The van der Waals surface area contributed by atoms with Gasteiger partial charge in [-0.2, -0.15) is 0 Å². The lowest BCUT2D eigenvalue weighted by molar-refractivity contribution is -0.129. The molecule has 0 aromatic carbocycles. The second-order valence-electron chi connectivity index (χ2n) is 5.88. The Hall–Kier alpha value is -0.650. The zero-order valence-corrected chi connectivity index (χ0v) is 12.4. The van der Waals surface area contributed by atoms with Crippen LogP contribution >= 0.6 is 0 Å². The van der Waals surface area contributed by atoms with E-state index < -0.39 is 0 Å². The molecule has 1 amide bonds. The zero-order chi connectivity index (χ0) is 13.7. The van der Waals surface area contributed by atoms with Crippen LogP contribution < -0.4 is 5.32 Å². The minimum Gasteiger partial charge on any atom is -0.343 e. The van der Waals surface area contributed by atoms with Crippen molar-refractivity contribution in [3.63, 3.8) is 0 Å². The minimum atomic E-state index is 0.218. The fourth-order valence-electron chi connectivity index (χ4n) is 2.90. The Kier molecular flexibility index (Phi) is 5.60. The van der Waals surface area contributed by atoms with Gasteiger partial charge in [0.2, 0.25) is 5.91 Å². The van der Waals surface area contributed by atoms with Crippen LogP contribution in [0.1, 0.15) is 19.8 Å². The molecule has 0 aromatic rings. The molecule has 2 aliphatic rings. The van der Waals surface area contributed by atoms with Gasteiger partial charge in [-0.15, -0.1) is 0 Å².